The molecular formula is C16H14Cl2N2O4S. The first-order valence-electron chi connectivity index (χ1n) is 7.05. The SMILES string of the molecule is C[C@@H](OC(=O)c1ccccc1[S@@](C)=O)C(=O)Nc1ncc(Cl)cc1Cl. The summed E-state index contributed by atoms with van der Waals surface area (Å²) in [5, 5.41) is 2.94. The van der Waals surface area contributed by atoms with E-state index < -0.39 is 28.8 Å². The number of carbonyl (C=O) groups is 2. The van der Waals surface area contributed by atoms with Gasteiger partial charge >= 0.3 is 5.97 Å². The predicted octanol–water partition coefficient (Wildman–Crippen LogP) is 3.31. The van der Waals surface area contributed by atoms with Gasteiger partial charge in [0.2, 0.25) is 0 Å². The molecule has 2 atom stereocenters. The Bertz CT molecular complexity index is 845. The Morgan fingerprint density at radius 1 is 1.28 bits per heavy atom. The number of amides is 1. The number of halogens is 2. The largest absolute Gasteiger partial charge is 0.449 e. The first kappa shape index (κ1) is 19.4. The van der Waals surface area contributed by atoms with Crippen LogP contribution < -0.4 is 5.32 Å². The Kier molecular flexibility index (Phi) is 6.52. The molecule has 0 bridgehead atoms. The summed E-state index contributed by atoms with van der Waals surface area (Å²) in [5.74, 6) is -1.25. The van der Waals surface area contributed by atoms with Crippen molar-refractivity contribution in [2.45, 2.75) is 17.9 Å². The van der Waals surface area contributed by atoms with Gasteiger partial charge in [0.15, 0.2) is 11.9 Å². The number of nitrogens with zero attached hydrogens (tertiary/aromatic N) is 1. The topological polar surface area (TPSA) is 85.4 Å². The highest BCUT2D eigenvalue weighted by molar-refractivity contribution is 7.84. The Balaban J connectivity index is 2.08. The Morgan fingerprint density at radius 2 is 1.96 bits per heavy atom. The molecule has 1 aromatic heterocycles. The van der Waals surface area contributed by atoms with Crippen LogP contribution in [0.1, 0.15) is 17.3 Å². The Hall–Kier alpha value is -1.96. The van der Waals surface area contributed by atoms with Gasteiger partial charge in [-0.2, -0.15) is 0 Å². The highest BCUT2D eigenvalue weighted by Gasteiger charge is 2.22. The molecule has 6 nitrogen and oxygen atoms in total. The zero-order valence-electron chi connectivity index (χ0n) is 13.3. The minimum Gasteiger partial charge on any atom is -0.449 e. The molecule has 0 aliphatic carbocycles. The summed E-state index contributed by atoms with van der Waals surface area (Å²) in [4.78, 5) is 28.6. The standard InChI is InChI=1S/C16H14Cl2N2O4S/c1-9(15(21)20-14-12(18)7-10(17)8-19-14)24-16(22)11-5-3-4-6-13(11)25(2)23/h3-9H,1-2H3,(H,19,20,21)/t9-,25-/m1/s1. The number of nitrogens with one attached hydrogen (secondary N) is 1. The van der Waals surface area contributed by atoms with E-state index in [2.05, 4.69) is 10.3 Å². The number of pyridine rings is 1. The third-order valence-corrected chi connectivity index (χ3v) is 4.59. The number of ether oxygens (including phenoxy) is 1. The van der Waals surface area contributed by atoms with Gasteiger partial charge in [-0.15, -0.1) is 0 Å². The first-order valence-corrected chi connectivity index (χ1v) is 9.36. The lowest BCUT2D eigenvalue weighted by Gasteiger charge is -2.14. The minimum absolute atomic E-state index is 0.106. The second kappa shape index (κ2) is 8.42. The maximum absolute atomic E-state index is 12.3. The summed E-state index contributed by atoms with van der Waals surface area (Å²) in [6.07, 6.45) is 1.67. The fraction of sp³-hybridized carbons (Fsp3) is 0.188. The molecule has 0 aliphatic rings. The molecule has 1 heterocycles. The van der Waals surface area contributed by atoms with Crippen molar-refractivity contribution in [1.82, 2.24) is 4.98 Å². The van der Waals surface area contributed by atoms with Crippen LogP contribution in [0.5, 0.6) is 0 Å². The normalized spacial score (nSPS) is 13.0. The van der Waals surface area contributed by atoms with Gasteiger partial charge in [-0.05, 0) is 25.1 Å². The van der Waals surface area contributed by atoms with Crippen molar-refractivity contribution in [3.8, 4) is 0 Å². The first-order chi connectivity index (χ1) is 11.8. The van der Waals surface area contributed by atoms with Crippen molar-refractivity contribution in [3.05, 3.63) is 52.1 Å². The molecule has 0 saturated heterocycles. The number of anilines is 1. The molecule has 25 heavy (non-hydrogen) atoms. The predicted molar refractivity (Wildman–Crippen MR) is 96.5 cm³/mol. The third-order valence-electron chi connectivity index (χ3n) is 3.12. The van der Waals surface area contributed by atoms with Crippen LogP contribution in [0.3, 0.4) is 0 Å². The number of hydrogen-bond donors (Lipinski definition) is 1. The second-order valence-electron chi connectivity index (χ2n) is 4.97. The van der Waals surface area contributed by atoms with Gasteiger partial charge in [-0.1, -0.05) is 35.3 Å². The number of esters is 1. The molecule has 0 unspecified atom stereocenters. The van der Waals surface area contributed by atoms with Crippen LogP contribution in [0.15, 0.2) is 41.4 Å². The average Bonchev–Trinajstić information content (AvgIpc) is 2.57. The zero-order chi connectivity index (χ0) is 18.6. The van der Waals surface area contributed by atoms with Crippen LogP contribution in [-0.2, 0) is 20.3 Å². The molecule has 0 saturated carbocycles. The van der Waals surface area contributed by atoms with Crippen molar-refractivity contribution in [2.24, 2.45) is 0 Å². The molecule has 0 aliphatic heterocycles. The van der Waals surface area contributed by atoms with Crippen LogP contribution in [0.4, 0.5) is 5.82 Å². The summed E-state index contributed by atoms with van der Waals surface area (Å²) in [6.45, 7) is 1.41. The average molecular weight is 401 g/mol. The highest BCUT2D eigenvalue weighted by Crippen LogP contribution is 2.23. The third kappa shape index (κ3) is 5.01. The van der Waals surface area contributed by atoms with E-state index >= 15 is 0 Å². The second-order valence-corrected chi connectivity index (χ2v) is 7.16. The highest BCUT2D eigenvalue weighted by atomic mass is 35.5. The molecule has 1 aromatic carbocycles. The van der Waals surface area contributed by atoms with Crippen LogP contribution >= 0.6 is 23.2 Å². The number of hydrogen-bond acceptors (Lipinski definition) is 5. The van der Waals surface area contributed by atoms with E-state index in [0.29, 0.717) is 9.92 Å². The van der Waals surface area contributed by atoms with E-state index in [1.165, 1.54) is 31.5 Å². The summed E-state index contributed by atoms with van der Waals surface area (Å²) in [6, 6.07) is 7.76. The van der Waals surface area contributed by atoms with Gasteiger partial charge in [-0.25, -0.2) is 9.78 Å². The van der Waals surface area contributed by atoms with Crippen molar-refractivity contribution < 1.29 is 18.5 Å². The van der Waals surface area contributed by atoms with Crippen molar-refractivity contribution in [1.29, 1.82) is 0 Å². The molecule has 1 amide bonds. The van der Waals surface area contributed by atoms with Crippen LogP contribution in [0, 0.1) is 0 Å². The number of aromatic nitrogens is 1. The van der Waals surface area contributed by atoms with Crippen LogP contribution in [0.2, 0.25) is 10.0 Å². The Labute approximate surface area is 157 Å². The molecule has 0 spiro atoms. The number of benzene rings is 1. The molecule has 0 fully saturated rings. The van der Waals surface area contributed by atoms with Gasteiger partial charge in [0.05, 0.1) is 31.3 Å². The summed E-state index contributed by atoms with van der Waals surface area (Å²) >= 11 is 11.7. The summed E-state index contributed by atoms with van der Waals surface area (Å²) in [5.41, 5.74) is 0.144. The quantitative estimate of drug-likeness (QED) is 0.777. The fourth-order valence-electron chi connectivity index (χ4n) is 1.89. The van der Waals surface area contributed by atoms with Crippen molar-refractivity contribution in [2.75, 3.05) is 11.6 Å². The lowest BCUT2D eigenvalue weighted by Crippen LogP contribution is -2.30. The zero-order valence-corrected chi connectivity index (χ0v) is 15.6. The molecule has 9 heteroatoms. The molecule has 132 valence electrons. The van der Waals surface area contributed by atoms with E-state index in [1.54, 1.807) is 18.2 Å². The molecular weight excluding hydrogens is 387 g/mol. The maximum Gasteiger partial charge on any atom is 0.340 e. The number of carbonyl (C=O) groups excluding carboxylic acids is 2. The smallest absolute Gasteiger partial charge is 0.340 e. The van der Waals surface area contributed by atoms with E-state index in [1.807, 2.05) is 0 Å². The monoisotopic (exact) mass is 400 g/mol. The summed E-state index contributed by atoms with van der Waals surface area (Å²) in [7, 11) is -1.36. The lowest BCUT2D eigenvalue weighted by atomic mass is 10.2. The molecule has 0 radical (unpaired) electrons. The van der Waals surface area contributed by atoms with Gasteiger partial charge in [0, 0.05) is 12.5 Å². The van der Waals surface area contributed by atoms with E-state index in [9.17, 15) is 13.8 Å². The van der Waals surface area contributed by atoms with Crippen molar-refractivity contribution in [3.63, 3.8) is 0 Å². The molecule has 2 aromatic rings. The van der Waals surface area contributed by atoms with Gasteiger partial charge in [0.1, 0.15) is 0 Å². The van der Waals surface area contributed by atoms with Crippen LogP contribution in [0.25, 0.3) is 0 Å². The van der Waals surface area contributed by atoms with Crippen LogP contribution in [-0.4, -0.2) is 33.4 Å². The number of rotatable bonds is 5. The maximum atomic E-state index is 12.3. The fourth-order valence-corrected chi connectivity index (χ4v) is 3.05. The van der Waals surface area contributed by atoms with E-state index in [0.717, 1.165) is 0 Å². The van der Waals surface area contributed by atoms with E-state index in [-0.39, 0.29) is 16.4 Å². The van der Waals surface area contributed by atoms with Gasteiger partial charge in [0.25, 0.3) is 5.91 Å². The molecule has 2 rings (SSSR count). The lowest BCUT2D eigenvalue weighted by molar-refractivity contribution is -0.123. The molecule has 1 N–H and O–H groups in total. The Morgan fingerprint density at radius 3 is 2.60 bits per heavy atom. The van der Waals surface area contributed by atoms with Gasteiger partial charge in [-0.3, -0.25) is 9.00 Å². The van der Waals surface area contributed by atoms with E-state index in [4.69, 9.17) is 27.9 Å². The van der Waals surface area contributed by atoms with Gasteiger partial charge < -0.3 is 10.1 Å². The van der Waals surface area contributed by atoms with Crippen molar-refractivity contribution >= 4 is 51.7 Å². The minimum atomic E-state index is -1.36. The summed E-state index contributed by atoms with van der Waals surface area (Å²) < 4.78 is 16.8.